The SMILES string of the molecule is CCCCC1Cc2cc(OC)ccc2C(c2ccc(NC(=O)c3ccnc(C)c3)cc2)=N1. The molecular weight excluding hydrogens is 398 g/mol. The number of unbranched alkanes of at least 4 members (excludes halogenated alkanes) is 1. The first-order valence-corrected chi connectivity index (χ1v) is 11.2. The number of hydrogen-bond donors (Lipinski definition) is 1. The zero-order chi connectivity index (χ0) is 22.5. The third-order valence-corrected chi connectivity index (χ3v) is 5.80. The zero-order valence-electron chi connectivity index (χ0n) is 18.9. The van der Waals surface area contributed by atoms with Crippen molar-refractivity contribution in [2.45, 2.75) is 45.6 Å². The maximum atomic E-state index is 12.5. The Morgan fingerprint density at radius 3 is 2.66 bits per heavy atom. The van der Waals surface area contributed by atoms with Gasteiger partial charge in [0.15, 0.2) is 0 Å². The molecule has 0 aliphatic carbocycles. The van der Waals surface area contributed by atoms with E-state index in [-0.39, 0.29) is 11.9 Å². The lowest BCUT2D eigenvalue weighted by Crippen LogP contribution is -2.22. The number of amides is 1. The van der Waals surface area contributed by atoms with Crippen LogP contribution in [0.25, 0.3) is 0 Å². The number of fused-ring (bicyclic) bond motifs is 1. The summed E-state index contributed by atoms with van der Waals surface area (Å²) in [7, 11) is 1.70. The Kier molecular flexibility index (Phi) is 6.64. The van der Waals surface area contributed by atoms with Crippen molar-refractivity contribution in [3.8, 4) is 5.75 Å². The maximum absolute atomic E-state index is 12.5. The number of anilines is 1. The van der Waals surface area contributed by atoms with Gasteiger partial charge in [0.05, 0.1) is 18.9 Å². The van der Waals surface area contributed by atoms with Crippen molar-refractivity contribution in [3.63, 3.8) is 0 Å². The smallest absolute Gasteiger partial charge is 0.255 e. The van der Waals surface area contributed by atoms with Crippen LogP contribution in [0.3, 0.4) is 0 Å². The van der Waals surface area contributed by atoms with E-state index in [2.05, 4.69) is 29.4 Å². The molecule has 1 amide bonds. The quantitative estimate of drug-likeness (QED) is 0.534. The van der Waals surface area contributed by atoms with Crippen LogP contribution in [-0.4, -0.2) is 29.8 Å². The highest BCUT2D eigenvalue weighted by Gasteiger charge is 2.22. The second-order valence-corrected chi connectivity index (χ2v) is 8.22. The number of pyridine rings is 1. The van der Waals surface area contributed by atoms with Gasteiger partial charge in [0.2, 0.25) is 0 Å². The van der Waals surface area contributed by atoms with E-state index in [0.717, 1.165) is 53.2 Å². The Hall–Kier alpha value is -3.47. The first-order valence-electron chi connectivity index (χ1n) is 11.2. The van der Waals surface area contributed by atoms with Crippen LogP contribution in [0.1, 0.15) is 58.9 Å². The van der Waals surface area contributed by atoms with Crippen molar-refractivity contribution in [3.05, 3.63) is 88.7 Å². The largest absolute Gasteiger partial charge is 0.497 e. The second kappa shape index (κ2) is 9.77. The topological polar surface area (TPSA) is 63.6 Å². The number of hydrogen-bond acceptors (Lipinski definition) is 4. The van der Waals surface area contributed by atoms with Crippen LogP contribution in [0.2, 0.25) is 0 Å². The zero-order valence-corrected chi connectivity index (χ0v) is 18.9. The number of nitrogens with zero attached hydrogens (tertiary/aromatic N) is 2. The van der Waals surface area contributed by atoms with Crippen molar-refractivity contribution < 1.29 is 9.53 Å². The number of methoxy groups -OCH3 is 1. The molecule has 1 aliphatic rings. The van der Waals surface area contributed by atoms with Crippen LogP contribution < -0.4 is 10.1 Å². The molecule has 0 spiro atoms. The average Bonchev–Trinajstić information content (AvgIpc) is 2.82. The van der Waals surface area contributed by atoms with Gasteiger partial charge in [-0.2, -0.15) is 0 Å². The van der Waals surface area contributed by atoms with Crippen molar-refractivity contribution >= 4 is 17.3 Å². The normalized spacial score (nSPS) is 15.0. The fourth-order valence-corrected chi connectivity index (χ4v) is 4.09. The number of carbonyl (C=O) groups excluding carboxylic acids is 1. The monoisotopic (exact) mass is 427 g/mol. The molecule has 2 aromatic carbocycles. The summed E-state index contributed by atoms with van der Waals surface area (Å²) >= 11 is 0. The van der Waals surface area contributed by atoms with Gasteiger partial charge in [0.1, 0.15) is 5.75 Å². The average molecular weight is 428 g/mol. The molecular formula is C27H29N3O2. The van der Waals surface area contributed by atoms with Crippen LogP contribution in [0.15, 0.2) is 65.8 Å². The fourth-order valence-electron chi connectivity index (χ4n) is 4.09. The summed E-state index contributed by atoms with van der Waals surface area (Å²) in [4.78, 5) is 21.8. The van der Waals surface area contributed by atoms with Crippen molar-refractivity contribution in [1.82, 2.24) is 4.98 Å². The minimum absolute atomic E-state index is 0.143. The fraction of sp³-hybridized carbons (Fsp3) is 0.296. The molecule has 0 saturated carbocycles. The van der Waals surface area contributed by atoms with E-state index in [1.165, 1.54) is 12.0 Å². The van der Waals surface area contributed by atoms with Gasteiger partial charge in [-0.25, -0.2) is 0 Å². The van der Waals surface area contributed by atoms with Crippen molar-refractivity contribution in [2.24, 2.45) is 4.99 Å². The minimum Gasteiger partial charge on any atom is -0.497 e. The van der Waals surface area contributed by atoms with Gasteiger partial charge in [0, 0.05) is 34.3 Å². The summed E-state index contributed by atoms with van der Waals surface area (Å²) < 4.78 is 5.45. The highest BCUT2D eigenvalue weighted by Crippen LogP contribution is 2.29. The van der Waals surface area contributed by atoms with Gasteiger partial charge >= 0.3 is 0 Å². The summed E-state index contributed by atoms with van der Waals surface area (Å²) in [5, 5.41) is 2.96. The molecule has 1 N–H and O–H groups in total. The highest BCUT2D eigenvalue weighted by atomic mass is 16.5. The molecule has 164 valence electrons. The maximum Gasteiger partial charge on any atom is 0.255 e. The number of benzene rings is 2. The van der Waals surface area contributed by atoms with Gasteiger partial charge < -0.3 is 10.1 Å². The summed E-state index contributed by atoms with van der Waals surface area (Å²) in [6.45, 7) is 4.09. The molecule has 4 rings (SSSR count). The molecule has 0 radical (unpaired) electrons. The first-order chi connectivity index (χ1) is 15.6. The van der Waals surface area contributed by atoms with E-state index < -0.39 is 0 Å². The highest BCUT2D eigenvalue weighted by molar-refractivity contribution is 6.14. The first kappa shape index (κ1) is 21.8. The van der Waals surface area contributed by atoms with Gasteiger partial charge in [-0.15, -0.1) is 0 Å². The lowest BCUT2D eigenvalue weighted by atomic mass is 9.88. The van der Waals surface area contributed by atoms with E-state index in [1.54, 1.807) is 25.4 Å². The Bertz CT molecular complexity index is 1140. The van der Waals surface area contributed by atoms with Crippen LogP contribution in [0.4, 0.5) is 5.69 Å². The molecule has 5 heteroatoms. The number of aromatic nitrogens is 1. The van der Waals surface area contributed by atoms with Gasteiger partial charge in [-0.1, -0.05) is 31.9 Å². The molecule has 5 nitrogen and oxygen atoms in total. The molecule has 1 aliphatic heterocycles. The summed E-state index contributed by atoms with van der Waals surface area (Å²) in [5.74, 6) is 0.735. The summed E-state index contributed by atoms with van der Waals surface area (Å²) in [5.41, 5.74) is 6.66. The molecule has 1 aromatic heterocycles. The number of rotatable bonds is 7. The Morgan fingerprint density at radius 1 is 1.12 bits per heavy atom. The molecule has 2 heterocycles. The molecule has 32 heavy (non-hydrogen) atoms. The number of ether oxygens (including phenoxy) is 1. The standard InChI is InChI=1S/C27H29N3O2/c1-4-5-6-23-16-21-17-24(32-3)11-12-25(21)26(29-23)19-7-9-22(10-8-19)30-27(31)20-13-14-28-18(2)15-20/h7-15,17,23H,4-6,16H2,1-3H3,(H,30,31). The number of aliphatic imine (C=N–C) groups is 1. The predicted octanol–water partition coefficient (Wildman–Crippen LogP) is 5.60. The van der Waals surface area contributed by atoms with E-state index in [4.69, 9.17) is 9.73 Å². The Balaban J connectivity index is 1.58. The lowest BCUT2D eigenvalue weighted by Gasteiger charge is -2.24. The van der Waals surface area contributed by atoms with E-state index >= 15 is 0 Å². The molecule has 0 fully saturated rings. The van der Waals surface area contributed by atoms with E-state index in [1.807, 2.05) is 37.3 Å². The number of nitrogens with one attached hydrogen (secondary N) is 1. The Morgan fingerprint density at radius 2 is 1.94 bits per heavy atom. The minimum atomic E-state index is -0.143. The third kappa shape index (κ3) is 4.88. The van der Waals surface area contributed by atoms with Crippen LogP contribution >= 0.6 is 0 Å². The Labute approximate surface area is 189 Å². The lowest BCUT2D eigenvalue weighted by molar-refractivity contribution is 0.102. The van der Waals surface area contributed by atoms with Crippen molar-refractivity contribution in [1.29, 1.82) is 0 Å². The molecule has 3 aromatic rings. The summed E-state index contributed by atoms with van der Waals surface area (Å²) in [6.07, 6.45) is 6.00. The number of aryl methyl sites for hydroxylation is 1. The van der Waals surface area contributed by atoms with Gasteiger partial charge in [-0.3, -0.25) is 14.8 Å². The van der Waals surface area contributed by atoms with E-state index in [0.29, 0.717) is 5.56 Å². The molecule has 0 bridgehead atoms. The third-order valence-electron chi connectivity index (χ3n) is 5.80. The number of carbonyl (C=O) groups is 1. The molecule has 1 unspecified atom stereocenters. The molecule has 1 atom stereocenters. The molecule has 0 saturated heterocycles. The van der Waals surface area contributed by atoms with E-state index in [9.17, 15) is 4.79 Å². The van der Waals surface area contributed by atoms with Crippen molar-refractivity contribution in [2.75, 3.05) is 12.4 Å². The van der Waals surface area contributed by atoms with Crippen LogP contribution in [-0.2, 0) is 6.42 Å². The second-order valence-electron chi connectivity index (χ2n) is 8.22. The van der Waals surface area contributed by atoms with Crippen LogP contribution in [0, 0.1) is 6.92 Å². The van der Waals surface area contributed by atoms with Gasteiger partial charge in [0.25, 0.3) is 5.91 Å². The predicted molar refractivity (Wildman–Crippen MR) is 129 cm³/mol. The van der Waals surface area contributed by atoms with Gasteiger partial charge in [-0.05, 0) is 67.8 Å². The summed E-state index contributed by atoms with van der Waals surface area (Å²) in [6, 6.07) is 17.9. The van der Waals surface area contributed by atoms with Crippen LogP contribution in [0.5, 0.6) is 5.75 Å².